The number of halogens is 2. The Hall–Kier alpha value is -0.360. The van der Waals surface area contributed by atoms with E-state index in [-0.39, 0.29) is 6.61 Å². The zero-order valence-electron chi connectivity index (χ0n) is 11.2. The first-order chi connectivity index (χ1) is 7.98. The number of alkyl halides is 2. The van der Waals surface area contributed by atoms with Crippen molar-refractivity contribution in [3.05, 3.63) is 11.8 Å². The van der Waals surface area contributed by atoms with Crippen molar-refractivity contribution < 1.29 is 19.1 Å². The van der Waals surface area contributed by atoms with Gasteiger partial charge in [0, 0.05) is 0 Å². The highest BCUT2D eigenvalue weighted by Crippen LogP contribution is 2.21. The van der Waals surface area contributed by atoms with Crippen LogP contribution in [-0.4, -0.2) is 27.2 Å². The molecule has 18 heavy (non-hydrogen) atoms. The summed E-state index contributed by atoms with van der Waals surface area (Å²) in [7, 11) is 0. The van der Waals surface area contributed by atoms with Crippen LogP contribution in [0.5, 0.6) is 0 Å². The third-order valence-electron chi connectivity index (χ3n) is 1.86. The van der Waals surface area contributed by atoms with Crippen molar-refractivity contribution in [1.29, 1.82) is 0 Å². The molecule has 0 aromatic rings. The highest BCUT2D eigenvalue weighted by atomic mass is 79.9. The summed E-state index contributed by atoms with van der Waals surface area (Å²) in [5.41, 5.74) is 0. The van der Waals surface area contributed by atoms with E-state index >= 15 is 0 Å². The van der Waals surface area contributed by atoms with Gasteiger partial charge in [0.05, 0.1) is 0 Å². The molecule has 0 saturated heterocycles. The van der Waals surface area contributed by atoms with Gasteiger partial charge >= 0.3 is 11.9 Å². The fraction of sp³-hybridized carbons (Fsp3) is 0.667. The van der Waals surface area contributed by atoms with E-state index in [1.165, 1.54) is 0 Å². The number of ether oxygens (including phenoxy) is 2. The Bertz CT molecular complexity index is 348. The van der Waals surface area contributed by atoms with Gasteiger partial charge in [-0.3, -0.25) is 9.59 Å². The second-order valence-corrected chi connectivity index (χ2v) is 8.63. The van der Waals surface area contributed by atoms with Crippen LogP contribution in [0.4, 0.5) is 0 Å². The molecule has 0 aliphatic heterocycles. The standard InChI is InChI=1S/C12H18Br2O4/c1-6-8(18-10(16)12(4,5)14)7-17-9(15)11(2,3)13/h6H,7H2,1-5H3. The predicted octanol–water partition coefficient (Wildman–Crippen LogP) is 3.32. The number of rotatable bonds is 5. The molecule has 0 N–H and O–H groups in total. The summed E-state index contributed by atoms with van der Waals surface area (Å²) in [6, 6.07) is 0. The van der Waals surface area contributed by atoms with Gasteiger partial charge in [-0.05, 0) is 40.7 Å². The van der Waals surface area contributed by atoms with E-state index in [0.717, 1.165) is 0 Å². The van der Waals surface area contributed by atoms with E-state index in [2.05, 4.69) is 31.9 Å². The third-order valence-corrected chi connectivity index (χ3v) is 2.51. The molecule has 0 aliphatic rings. The maximum Gasteiger partial charge on any atom is 0.327 e. The Balaban J connectivity index is 4.41. The van der Waals surface area contributed by atoms with E-state index in [1.807, 2.05) is 0 Å². The van der Waals surface area contributed by atoms with Crippen LogP contribution in [0.15, 0.2) is 11.8 Å². The van der Waals surface area contributed by atoms with Gasteiger partial charge in [0.1, 0.15) is 21.0 Å². The van der Waals surface area contributed by atoms with Gasteiger partial charge in [-0.2, -0.15) is 0 Å². The highest BCUT2D eigenvalue weighted by molar-refractivity contribution is 9.10. The summed E-state index contributed by atoms with van der Waals surface area (Å²) >= 11 is 6.39. The zero-order valence-corrected chi connectivity index (χ0v) is 14.3. The average molecular weight is 386 g/mol. The maximum atomic E-state index is 11.6. The summed E-state index contributed by atoms with van der Waals surface area (Å²) in [6.07, 6.45) is 1.59. The molecule has 0 radical (unpaired) electrons. The highest BCUT2D eigenvalue weighted by Gasteiger charge is 2.28. The topological polar surface area (TPSA) is 52.6 Å². The number of carbonyl (C=O) groups excluding carboxylic acids is 2. The van der Waals surface area contributed by atoms with Crippen LogP contribution in [0.25, 0.3) is 0 Å². The molecule has 0 amide bonds. The summed E-state index contributed by atoms with van der Waals surface area (Å²) in [6.45, 7) is 8.35. The first-order valence-corrected chi connectivity index (χ1v) is 6.99. The quantitative estimate of drug-likeness (QED) is 0.413. The molecule has 0 aromatic carbocycles. The molecule has 0 aliphatic carbocycles. The minimum absolute atomic E-state index is 0.0703. The van der Waals surface area contributed by atoms with Crippen molar-refractivity contribution in [3.8, 4) is 0 Å². The van der Waals surface area contributed by atoms with Crippen molar-refractivity contribution in [1.82, 2.24) is 0 Å². The molecular weight excluding hydrogens is 368 g/mol. The fourth-order valence-electron chi connectivity index (χ4n) is 0.720. The molecule has 104 valence electrons. The Morgan fingerprint density at radius 1 is 1.06 bits per heavy atom. The van der Waals surface area contributed by atoms with Gasteiger partial charge in [-0.1, -0.05) is 31.9 Å². The third kappa shape index (κ3) is 6.54. The lowest BCUT2D eigenvalue weighted by atomic mass is 10.2. The van der Waals surface area contributed by atoms with Crippen molar-refractivity contribution in [2.24, 2.45) is 0 Å². The summed E-state index contributed by atoms with van der Waals surface area (Å²) < 4.78 is 8.60. The number of carbonyl (C=O) groups is 2. The molecule has 6 heteroatoms. The second-order valence-electron chi connectivity index (χ2n) is 4.67. The van der Waals surface area contributed by atoms with E-state index in [1.54, 1.807) is 40.7 Å². The maximum absolute atomic E-state index is 11.6. The molecule has 0 atom stereocenters. The molecular formula is C12H18Br2O4. The van der Waals surface area contributed by atoms with Crippen LogP contribution in [0.1, 0.15) is 34.6 Å². The van der Waals surface area contributed by atoms with E-state index in [9.17, 15) is 9.59 Å². The first-order valence-electron chi connectivity index (χ1n) is 5.41. The SMILES string of the molecule is CC=C(COC(=O)C(C)(C)Br)OC(=O)C(C)(C)Br. The van der Waals surface area contributed by atoms with Gasteiger partial charge in [0.15, 0.2) is 0 Å². The second kappa shape index (κ2) is 6.70. The Labute approximate surface area is 124 Å². The van der Waals surface area contributed by atoms with E-state index in [4.69, 9.17) is 9.47 Å². The van der Waals surface area contributed by atoms with Crippen LogP contribution in [0.3, 0.4) is 0 Å². The van der Waals surface area contributed by atoms with Crippen LogP contribution >= 0.6 is 31.9 Å². The molecule has 0 heterocycles. The molecule has 0 fully saturated rings. The summed E-state index contributed by atoms with van der Waals surface area (Å²) in [5.74, 6) is -0.557. The molecule has 0 spiro atoms. The van der Waals surface area contributed by atoms with Gasteiger partial charge in [-0.15, -0.1) is 0 Å². The molecule has 0 unspecified atom stereocenters. The van der Waals surface area contributed by atoms with Gasteiger partial charge in [0.25, 0.3) is 0 Å². The number of hydrogen-bond acceptors (Lipinski definition) is 4. The van der Waals surface area contributed by atoms with Gasteiger partial charge in [-0.25, -0.2) is 0 Å². The Kier molecular flexibility index (Phi) is 6.57. The summed E-state index contributed by atoms with van der Waals surface area (Å²) in [5, 5.41) is 0. The largest absolute Gasteiger partial charge is 0.456 e. The van der Waals surface area contributed by atoms with E-state index in [0.29, 0.717) is 5.76 Å². The average Bonchev–Trinajstić information content (AvgIpc) is 2.20. The Morgan fingerprint density at radius 2 is 1.50 bits per heavy atom. The van der Waals surface area contributed by atoms with Crippen molar-refractivity contribution in [3.63, 3.8) is 0 Å². The van der Waals surface area contributed by atoms with Crippen LogP contribution in [-0.2, 0) is 19.1 Å². The lowest BCUT2D eigenvalue weighted by Crippen LogP contribution is -2.30. The monoisotopic (exact) mass is 384 g/mol. The lowest BCUT2D eigenvalue weighted by molar-refractivity contribution is -0.149. The van der Waals surface area contributed by atoms with Gasteiger partial charge in [0.2, 0.25) is 0 Å². The molecule has 0 rings (SSSR count). The minimum atomic E-state index is -0.778. The fourth-order valence-corrected chi connectivity index (χ4v) is 0.916. The predicted molar refractivity (Wildman–Crippen MR) is 76.8 cm³/mol. The molecule has 4 nitrogen and oxygen atoms in total. The van der Waals surface area contributed by atoms with E-state index < -0.39 is 20.6 Å². The van der Waals surface area contributed by atoms with Crippen LogP contribution in [0, 0.1) is 0 Å². The first kappa shape index (κ1) is 17.6. The summed E-state index contributed by atoms with van der Waals surface area (Å²) in [4.78, 5) is 23.1. The number of esters is 2. The molecule has 0 bridgehead atoms. The molecule has 0 aromatic heterocycles. The Morgan fingerprint density at radius 3 is 1.83 bits per heavy atom. The van der Waals surface area contributed by atoms with Crippen molar-refractivity contribution in [2.75, 3.05) is 6.61 Å². The zero-order chi connectivity index (χ0) is 14.6. The van der Waals surface area contributed by atoms with Crippen molar-refractivity contribution >= 4 is 43.8 Å². The smallest absolute Gasteiger partial charge is 0.327 e. The lowest BCUT2D eigenvalue weighted by Gasteiger charge is -2.18. The normalized spacial score (nSPS) is 13.2. The van der Waals surface area contributed by atoms with Crippen molar-refractivity contribution in [2.45, 2.75) is 43.3 Å². The van der Waals surface area contributed by atoms with Crippen LogP contribution in [0.2, 0.25) is 0 Å². The van der Waals surface area contributed by atoms with Gasteiger partial charge < -0.3 is 9.47 Å². The number of allylic oxidation sites excluding steroid dienone is 1. The number of hydrogen-bond donors (Lipinski definition) is 0. The molecule has 0 saturated carbocycles. The minimum Gasteiger partial charge on any atom is -0.456 e. The van der Waals surface area contributed by atoms with Crippen LogP contribution < -0.4 is 0 Å².